The SMILES string of the molecule is Cc1cccc(NC(=O)C(=O)NCc2csc(C(C)(C)C)n2)c1C. The molecule has 2 aromatic rings. The van der Waals surface area contributed by atoms with Crippen LogP contribution in [0.25, 0.3) is 0 Å². The van der Waals surface area contributed by atoms with Crippen LogP contribution in [-0.4, -0.2) is 16.8 Å². The van der Waals surface area contributed by atoms with Gasteiger partial charge in [-0.25, -0.2) is 4.98 Å². The number of carbonyl (C=O) groups excluding carboxylic acids is 2. The van der Waals surface area contributed by atoms with E-state index in [0.29, 0.717) is 5.69 Å². The highest BCUT2D eigenvalue weighted by Gasteiger charge is 2.19. The van der Waals surface area contributed by atoms with Crippen LogP contribution in [0.4, 0.5) is 5.69 Å². The monoisotopic (exact) mass is 345 g/mol. The molecule has 2 amide bonds. The molecule has 1 aromatic carbocycles. The predicted octanol–water partition coefficient (Wildman–Crippen LogP) is 3.31. The summed E-state index contributed by atoms with van der Waals surface area (Å²) in [5.41, 5.74) is 3.41. The van der Waals surface area contributed by atoms with E-state index in [1.807, 2.05) is 31.4 Å². The van der Waals surface area contributed by atoms with Crippen LogP contribution in [0.15, 0.2) is 23.6 Å². The normalized spacial score (nSPS) is 11.2. The van der Waals surface area contributed by atoms with Crippen molar-refractivity contribution in [2.45, 2.75) is 46.6 Å². The minimum Gasteiger partial charge on any atom is -0.342 e. The number of benzene rings is 1. The van der Waals surface area contributed by atoms with Crippen LogP contribution < -0.4 is 10.6 Å². The van der Waals surface area contributed by atoms with Gasteiger partial charge in [0.1, 0.15) is 0 Å². The molecular formula is C18H23N3O2S. The molecule has 0 saturated carbocycles. The van der Waals surface area contributed by atoms with E-state index in [2.05, 4.69) is 36.4 Å². The summed E-state index contributed by atoms with van der Waals surface area (Å²) in [5, 5.41) is 8.17. The van der Waals surface area contributed by atoms with Crippen LogP contribution in [0.5, 0.6) is 0 Å². The van der Waals surface area contributed by atoms with Gasteiger partial charge in [0.15, 0.2) is 0 Å². The summed E-state index contributed by atoms with van der Waals surface area (Å²) in [4.78, 5) is 28.5. The van der Waals surface area contributed by atoms with E-state index in [4.69, 9.17) is 0 Å². The molecule has 0 aliphatic carbocycles. The number of nitrogens with one attached hydrogen (secondary N) is 2. The van der Waals surface area contributed by atoms with Gasteiger partial charge in [0.25, 0.3) is 0 Å². The quantitative estimate of drug-likeness (QED) is 0.839. The van der Waals surface area contributed by atoms with Crippen molar-refractivity contribution >= 4 is 28.8 Å². The fourth-order valence-electron chi connectivity index (χ4n) is 2.05. The minimum atomic E-state index is -0.671. The smallest absolute Gasteiger partial charge is 0.313 e. The van der Waals surface area contributed by atoms with E-state index in [0.717, 1.165) is 21.8 Å². The molecule has 0 aliphatic rings. The number of amides is 2. The van der Waals surface area contributed by atoms with E-state index < -0.39 is 11.8 Å². The Bertz CT molecular complexity index is 760. The molecule has 1 heterocycles. The average molecular weight is 345 g/mol. The Morgan fingerprint density at radius 1 is 1.17 bits per heavy atom. The Morgan fingerprint density at radius 3 is 2.50 bits per heavy atom. The van der Waals surface area contributed by atoms with Gasteiger partial charge >= 0.3 is 11.8 Å². The zero-order valence-corrected chi connectivity index (χ0v) is 15.5. The number of hydrogen-bond acceptors (Lipinski definition) is 4. The molecule has 0 spiro atoms. The van der Waals surface area contributed by atoms with Gasteiger partial charge in [-0.3, -0.25) is 9.59 Å². The molecule has 0 bridgehead atoms. The number of anilines is 1. The highest BCUT2D eigenvalue weighted by molar-refractivity contribution is 7.09. The van der Waals surface area contributed by atoms with Crippen LogP contribution >= 0.6 is 11.3 Å². The van der Waals surface area contributed by atoms with Crippen molar-refractivity contribution in [3.05, 3.63) is 45.4 Å². The number of carbonyl (C=O) groups is 2. The minimum absolute atomic E-state index is 0.0208. The second kappa shape index (κ2) is 7.13. The predicted molar refractivity (Wildman–Crippen MR) is 97.2 cm³/mol. The first-order chi connectivity index (χ1) is 11.2. The number of rotatable bonds is 3. The van der Waals surface area contributed by atoms with Crippen molar-refractivity contribution in [2.24, 2.45) is 0 Å². The molecule has 128 valence electrons. The molecule has 5 nitrogen and oxygen atoms in total. The second-order valence-electron chi connectivity index (χ2n) is 6.78. The summed E-state index contributed by atoms with van der Waals surface area (Å²) < 4.78 is 0. The third-order valence-corrected chi connectivity index (χ3v) is 5.00. The second-order valence-corrected chi connectivity index (χ2v) is 7.64. The van der Waals surface area contributed by atoms with Crippen LogP contribution in [-0.2, 0) is 21.5 Å². The maximum Gasteiger partial charge on any atom is 0.313 e. The van der Waals surface area contributed by atoms with Gasteiger partial charge in [-0.2, -0.15) is 0 Å². The van der Waals surface area contributed by atoms with Gasteiger partial charge in [-0.15, -0.1) is 11.3 Å². The standard InChI is InChI=1S/C18H23N3O2S/c1-11-7-6-8-14(12(11)2)21-16(23)15(22)19-9-13-10-24-17(20-13)18(3,4)5/h6-8,10H,9H2,1-5H3,(H,19,22)(H,21,23). The number of nitrogens with zero attached hydrogens (tertiary/aromatic N) is 1. The molecule has 24 heavy (non-hydrogen) atoms. The Labute approximate surface area is 146 Å². The molecule has 0 atom stereocenters. The number of aryl methyl sites for hydroxylation is 1. The zero-order chi connectivity index (χ0) is 17.9. The van der Waals surface area contributed by atoms with Crippen molar-refractivity contribution in [1.29, 1.82) is 0 Å². The zero-order valence-electron chi connectivity index (χ0n) is 14.7. The number of thiazole rings is 1. The van der Waals surface area contributed by atoms with Gasteiger partial charge in [0, 0.05) is 16.5 Å². The third kappa shape index (κ3) is 4.41. The highest BCUT2D eigenvalue weighted by Crippen LogP contribution is 2.25. The largest absolute Gasteiger partial charge is 0.342 e. The Kier molecular flexibility index (Phi) is 5.39. The van der Waals surface area contributed by atoms with E-state index in [-0.39, 0.29) is 12.0 Å². The van der Waals surface area contributed by atoms with Gasteiger partial charge in [0.05, 0.1) is 17.2 Å². The molecule has 0 radical (unpaired) electrons. The Balaban J connectivity index is 1.94. The topological polar surface area (TPSA) is 71.1 Å². The van der Waals surface area contributed by atoms with Crippen LogP contribution in [0, 0.1) is 13.8 Å². The first-order valence-electron chi connectivity index (χ1n) is 7.79. The lowest BCUT2D eigenvalue weighted by atomic mass is 9.98. The lowest BCUT2D eigenvalue weighted by Crippen LogP contribution is -2.35. The van der Waals surface area contributed by atoms with Crippen molar-refractivity contribution in [3.8, 4) is 0 Å². The first-order valence-corrected chi connectivity index (χ1v) is 8.66. The lowest BCUT2D eigenvalue weighted by molar-refractivity contribution is -0.136. The van der Waals surface area contributed by atoms with Crippen LogP contribution in [0.2, 0.25) is 0 Å². The number of hydrogen-bond donors (Lipinski definition) is 2. The summed E-state index contributed by atoms with van der Waals surface area (Å²) in [6.07, 6.45) is 0. The summed E-state index contributed by atoms with van der Waals surface area (Å²) >= 11 is 1.56. The van der Waals surface area contributed by atoms with Gasteiger partial charge in [-0.05, 0) is 31.0 Å². The van der Waals surface area contributed by atoms with Gasteiger partial charge in [0.2, 0.25) is 0 Å². The van der Waals surface area contributed by atoms with Crippen molar-refractivity contribution < 1.29 is 9.59 Å². The van der Waals surface area contributed by atoms with E-state index in [1.165, 1.54) is 0 Å². The number of aromatic nitrogens is 1. The van der Waals surface area contributed by atoms with Gasteiger partial charge < -0.3 is 10.6 Å². The maximum atomic E-state index is 12.0. The fraction of sp³-hybridized carbons (Fsp3) is 0.389. The molecule has 0 aliphatic heterocycles. The fourth-order valence-corrected chi connectivity index (χ4v) is 2.96. The Hall–Kier alpha value is -2.21. The average Bonchev–Trinajstić information content (AvgIpc) is 2.98. The summed E-state index contributed by atoms with van der Waals surface area (Å²) in [5.74, 6) is -1.34. The lowest BCUT2D eigenvalue weighted by Gasteiger charge is -2.13. The maximum absolute atomic E-state index is 12.0. The molecule has 2 rings (SSSR count). The van der Waals surface area contributed by atoms with E-state index in [9.17, 15) is 9.59 Å². The van der Waals surface area contributed by atoms with E-state index in [1.54, 1.807) is 17.4 Å². The van der Waals surface area contributed by atoms with Crippen LogP contribution in [0.3, 0.4) is 0 Å². The van der Waals surface area contributed by atoms with Crippen molar-refractivity contribution in [3.63, 3.8) is 0 Å². The third-order valence-electron chi connectivity index (χ3n) is 3.68. The first kappa shape index (κ1) is 18.1. The summed E-state index contributed by atoms with van der Waals surface area (Å²) in [7, 11) is 0. The van der Waals surface area contributed by atoms with Gasteiger partial charge in [-0.1, -0.05) is 32.9 Å². The summed E-state index contributed by atoms with van der Waals surface area (Å²) in [6.45, 7) is 10.4. The molecular weight excluding hydrogens is 322 g/mol. The molecule has 0 unspecified atom stereocenters. The molecule has 2 N–H and O–H groups in total. The highest BCUT2D eigenvalue weighted by atomic mass is 32.1. The van der Waals surface area contributed by atoms with E-state index >= 15 is 0 Å². The molecule has 0 saturated heterocycles. The molecule has 0 fully saturated rings. The van der Waals surface area contributed by atoms with Crippen LogP contribution in [0.1, 0.15) is 42.6 Å². The Morgan fingerprint density at radius 2 is 1.88 bits per heavy atom. The van der Waals surface area contributed by atoms with Crippen molar-refractivity contribution in [2.75, 3.05) is 5.32 Å². The molecule has 6 heteroatoms. The molecule has 1 aromatic heterocycles. The summed E-state index contributed by atoms with van der Waals surface area (Å²) in [6, 6.07) is 5.59. The van der Waals surface area contributed by atoms with Crippen molar-refractivity contribution in [1.82, 2.24) is 10.3 Å².